The Morgan fingerprint density at radius 2 is 1.52 bits per heavy atom. The number of Topliss-reactive ketones (excluding diaryl/α,β-unsaturated/α-hetero) is 1. The van der Waals surface area contributed by atoms with Crippen LogP contribution in [0.1, 0.15) is 10.4 Å². The normalized spacial score (nSPS) is 10.0. The SMILES string of the molecule is COc1cc(C(=O)COC(=O)COc2ccccc2O)cc(OC)c1OC. The molecule has 0 radical (unpaired) electrons. The van der Waals surface area contributed by atoms with Crippen LogP contribution < -0.4 is 18.9 Å². The third-order valence-electron chi connectivity index (χ3n) is 3.56. The average molecular weight is 376 g/mol. The van der Waals surface area contributed by atoms with Crippen LogP contribution in [-0.2, 0) is 9.53 Å². The van der Waals surface area contributed by atoms with Gasteiger partial charge in [-0.05, 0) is 24.3 Å². The Hall–Kier alpha value is -3.42. The molecule has 0 amide bonds. The zero-order valence-electron chi connectivity index (χ0n) is 15.2. The van der Waals surface area contributed by atoms with Crippen LogP contribution in [0.25, 0.3) is 0 Å². The van der Waals surface area contributed by atoms with E-state index in [1.54, 1.807) is 12.1 Å². The minimum Gasteiger partial charge on any atom is -0.504 e. The van der Waals surface area contributed by atoms with Gasteiger partial charge in [0.1, 0.15) is 0 Å². The molecule has 0 saturated heterocycles. The number of esters is 1. The summed E-state index contributed by atoms with van der Waals surface area (Å²) in [7, 11) is 4.32. The van der Waals surface area contributed by atoms with Crippen molar-refractivity contribution >= 4 is 11.8 Å². The number of phenols is 1. The molecule has 0 heterocycles. The maximum atomic E-state index is 12.3. The standard InChI is InChI=1S/C19H20O8/c1-23-16-8-12(9-17(24-2)19(16)25-3)14(21)10-27-18(22)11-26-15-7-5-4-6-13(15)20/h4-9,20H,10-11H2,1-3H3. The zero-order chi connectivity index (χ0) is 19.8. The highest BCUT2D eigenvalue weighted by molar-refractivity contribution is 5.99. The van der Waals surface area contributed by atoms with Gasteiger partial charge in [0.15, 0.2) is 36.2 Å². The second kappa shape index (κ2) is 9.33. The number of para-hydroxylation sites is 2. The first-order valence-electron chi connectivity index (χ1n) is 7.89. The lowest BCUT2D eigenvalue weighted by molar-refractivity contribution is -0.144. The molecule has 1 N–H and O–H groups in total. The summed E-state index contributed by atoms with van der Waals surface area (Å²) in [6, 6.07) is 9.13. The molecule has 144 valence electrons. The quantitative estimate of drug-likeness (QED) is 0.525. The van der Waals surface area contributed by atoms with Crippen molar-refractivity contribution in [1.29, 1.82) is 0 Å². The van der Waals surface area contributed by atoms with E-state index >= 15 is 0 Å². The van der Waals surface area contributed by atoms with E-state index in [1.165, 1.54) is 45.6 Å². The highest BCUT2D eigenvalue weighted by Gasteiger charge is 2.18. The summed E-state index contributed by atoms with van der Waals surface area (Å²) < 4.78 is 25.6. The van der Waals surface area contributed by atoms with E-state index in [4.69, 9.17) is 23.7 Å². The lowest BCUT2D eigenvalue weighted by atomic mass is 10.1. The number of methoxy groups -OCH3 is 3. The van der Waals surface area contributed by atoms with Crippen molar-refractivity contribution in [2.24, 2.45) is 0 Å². The van der Waals surface area contributed by atoms with Crippen molar-refractivity contribution in [3.63, 3.8) is 0 Å². The summed E-state index contributed by atoms with van der Waals surface area (Å²) >= 11 is 0. The Morgan fingerprint density at radius 3 is 2.07 bits per heavy atom. The third kappa shape index (κ3) is 5.04. The molecule has 8 nitrogen and oxygen atoms in total. The number of ketones is 1. The molecular weight excluding hydrogens is 356 g/mol. The fourth-order valence-corrected chi connectivity index (χ4v) is 2.23. The Labute approximate surface area is 156 Å². The maximum absolute atomic E-state index is 12.3. The third-order valence-corrected chi connectivity index (χ3v) is 3.56. The van der Waals surface area contributed by atoms with Crippen molar-refractivity contribution in [2.75, 3.05) is 34.5 Å². The van der Waals surface area contributed by atoms with E-state index in [0.29, 0.717) is 17.2 Å². The number of rotatable bonds is 9. The number of carbonyl (C=O) groups is 2. The second-order valence-corrected chi connectivity index (χ2v) is 5.25. The van der Waals surface area contributed by atoms with E-state index in [2.05, 4.69) is 0 Å². The summed E-state index contributed by atoms with van der Waals surface area (Å²) in [5.41, 5.74) is 0.235. The lowest BCUT2D eigenvalue weighted by Crippen LogP contribution is -2.19. The van der Waals surface area contributed by atoms with Crippen LogP contribution in [0.15, 0.2) is 36.4 Å². The number of aromatic hydroxyl groups is 1. The fraction of sp³-hybridized carbons (Fsp3) is 0.263. The van der Waals surface area contributed by atoms with E-state index in [9.17, 15) is 14.7 Å². The number of benzene rings is 2. The number of hydrogen-bond acceptors (Lipinski definition) is 8. The molecule has 0 saturated carbocycles. The highest BCUT2D eigenvalue weighted by atomic mass is 16.6. The molecule has 27 heavy (non-hydrogen) atoms. The minimum absolute atomic E-state index is 0.0983. The van der Waals surface area contributed by atoms with Gasteiger partial charge in [0.25, 0.3) is 0 Å². The largest absolute Gasteiger partial charge is 0.504 e. The molecule has 0 aliphatic rings. The topological polar surface area (TPSA) is 101 Å². The molecule has 0 unspecified atom stereocenters. The summed E-state index contributed by atoms with van der Waals surface area (Å²) in [4.78, 5) is 24.1. The van der Waals surface area contributed by atoms with Crippen molar-refractivity contribution < 1.29 is 38.4 Å². The van der Waals surface area contributed by atoms with Gasteiger partial charge in [0.2, 0.25) is 11.5 Å². The summed E-state index contributed by atoms with van der Waals surface area (Å²) in [6.07, 6.45) is 0. The molecule has 8 heteroatoms. The molecular formula is C19H20O8. The summed E-state index contributed by atoms with van der Waals surface area (Å²) in [6.45, 7) is -0.929. The van der Waals surface area contributed by atoms with Gasteiger partial charge in [-0.15, -0.1) is 0 Å². The van der Waals surface area contributed by atoms with Gasteiger partial charge in [-0.3, -0.25) is 4.79 Å². The first-order valence-corrected chi connectivity index (χ1v) is 7.89. The van der Waals surface area contributed by atoms with Gasteiger partial charge in [-0.25, -0.2) is 4.79 Å². The van der Waals surface area contributed by atoms with E-state index < -0.39 is 25.0 Å². The molecule has 0 atom stereocenters. The predicted octanol–water partition coefficient (Wildman–Crippen LogP) is 2.22. The van der Waals surface area contributed by atoms with Gasteiger partial charge in [0.05, 0.1) is 21.3 Å². The van der Waals surface area contributed by atoms with Gasteiger partial charge in [-0.1, -0.05) is 12.1 Å². The summed E-state index contributed by atoms with van der Waals surface area (Å²) in [5, 5.41) is 9.57. The van der Waals surface area contributed by atoms with Crippen molar-refractivity contribution in [3.8, 4) is 28.7 Å². The first-order chi connectivity index (χ1) is 13.0. The van der Waals surface area contributed by atoms with Crippen molar-refractivity contribution in [1.82, 2.24) is 0 Å². The Bertz CT molecular complexity index is 790. The Kier molecular flexibility index (Phi) is 6.87. The monoisotopic (exact) mass is 376 g/mol. The molecule has 0 aliphatic heterocycles. The zero-order valence-corrected chi connectivity index (χ0v) is 15.2. The minimum atomic E-state index is -0.751. The number of phenolic OH excluding ortho intramolecular Hbond substituents is 1. The average Bonchev–Trinajstić information content (AvgIpc) is 2.70. The molecule has 2 aromatic carbocycles. The van der Waals surface area contributed by atoms with E-state index in [0.717, 1.165) is 0 Å². The molecule has 2 aromatic rings. The van der Waals surface area contributed by atoms with E-state index in [-0.39, 0.29) is 17.1 Å². The van der Waals surface area contributed by atoms with Crippen LogP contribution >= 0.6 is 0 Å². The molecule has 0 spiro atoms. The Morgan fingerprint density at radius 1 is 0.889 bits per heavy atom. The molecule has 0 aliphatic carbocycles. The lowest BCUT2D eigenvalue weighted by Gasteiger charge is -2.13. The summed E-state index contributed by atoms with van der Waals surface area (Å²) in [5.74, 6) is -0.179. The van der Waals surface area contributed by atoms with E-state index in [1.807, 2.05) is 0 Å². The van der Waals surface area contributed by atoms with Crippen LogP contribution in [0.3, 0.4) is 0 Å². The number of ether oxygens (including phenoxy) is 5. The van der Waals surface area contributed by atoms with Gasteiger partial charge >= 0.3 is 5.97 Å². The molecule has 0 bridgehead atoms. The molecule has 0 aromatic heterocycles. The molecule has 0 fully saturated rings. The van der Waals surface area contributed by atoms with Gasteiger partial charge in [-0.2, -0.15) is 0 Å². The van der Waals surface area contributed by atoms with Crippen LogP contribution in [0, 0.1) is 0 Å². The van der Waals surface area contributed by atoms with Crippen molar-refractivity contribution in [2.45, 2.75) is 0 Å². The fourth-order valence-electron chi connectivity index (χ4n) is 2.23. The van der Waals surface area contributed by atoms with Crippen LogP contribution in [0.2, 0.25) is 0 Å². The number of carbonyl (C=O) groups excluding carboxylic acids is 2. The van der Waals surface area contributed by atoms with Crippen LogP contribution in [-0.4, -0.2) is 51.4 Å². The second-order valence-electron chi connectivity index (χ2n) is 5.25. The van der Waals surface area contributed by atoms with Crippen LogP contribution in [0.5, 0.6) is 28.7 Å². The smallest absolute Gasteiger partial charge is 0.344 e. The maximum Gasteiger partial charge on any atom is 0.344 e. The van der Waals surface area contributed by atoms with Crippen LogP contribution in [0.4, 0.5) is 0 Å². The Balaban J connectivity index is 1.97. The van der Waals surface area contributed by atoms with Crippen molar-refractivity contribution in [3.05, 3.63) is 42.0 Å². The van der Waals surface area contributed by atoms with Gasteiger partial charge in [0, 0.05) is 5.56 Å². The predicted molar refractivity (Wildman–Crippen MR) is 95.0 cm³/mol. The highest BCUT2D eigenvalue weighted by Crippen LogP contribution is 2.38. The number of hydrogen-bond donors (Lipinski definition) is 1. The van der Waals surface area contributed by atoms with Gasteiger partial charge < -0.3 is 28.8 Å². The first kappa shape index (κ1) is 19.9. The molecule has 2 rings (SSSR count).